The molecule has 0 radical (unpaired) electrons. The van der Waals surface area contributed by atoms with E-state index >= 15 is 0 Å². The van der Waals surface area contributed by atoms with E-state index in [4.69, 9.17) is 5.73 Å². The van der Waals surface area contributed by atoms with E-state index in [0.717, 1.165) is 13.1 Å². The van der Waals surface area contributed by atoms with Crippen molar-refractivity contribution in [2.45, 2.75) is 37.8 Å². The maximum absolute atomic E-state index is 6.36. The molecule has 0 aromatic heterocycles. The van der Waals surface area contributed by atoms with E-state index < -0.39 is 0 Å². The summed E-state index contributed by atoms with van der Waals surface area (Å²) in [6.45, 7) is 4.15. The van der Waals surface area contributed by atoms with Crippen molar-refractivity contribution >= 4 is 0 Å². The molecule has 1 unspecified atom stereocenters. The van der Waals surface area contributed by atoms with E-state index in [9.17, 15) is 0 Å². The number of rotatable bonds is 6. The van der Waals surface area contributed by atoms with Crippen molar-refractivity contribution in [1.29, 1.82) is 0 Å². The average Bonchev–Trinajstić information content (AvgIpc) is 2.33. The lowest BCUT2D eigenvalue weighted by Gasteiger charge is -2.49. The van der Waals surface area contributed by atoms with E-state index in [1.54, 1.807) is 0 Å². The Morgan fingerprint density at radius 1 is 1.25 bits per heavy atom. The van der Waals surface area contributed by atoms with Crippen LogP contribution in [0.15, 0.2) is 24.3 Å². The molecule has 1 fully saturated rings. The Morgan fingerprint density at radius 3 is 2.45 bits per heavy atom. The van der Waals surface area contributed by atoms with Crippen molar-refractivity contribution in [3.8, 4) is 0 Å². The molecule has 112 valence electrons. The lowest BCUT2D eigenvalue weighted by molar-refractivity contribution is 0.0265. The van der Waals surface area contributed by atoms with Crippen LogP contribution in [0.4, 0.5) is 0 Å². The second-order valence-electron chi connectivity index (χ2n) is 6.69. The second kappa shape index (κ2) is 6.25. The van der Waals surface area contributed by atoms with Crippen LogP contribution in [0.2, 0.25) is 0 Å². The predicted octanol–water partition coefficient (Wildman–Crippen LogP) is 2.41. The molecule has 0 aliphatic heterocycles. The van der Waals surface area contributed by atoms with Gasteiger partial charge in [-0.25, -0.2) is 0 Å². The van der Waals surface area contributed by atoms with Crippen LogP contribution in [0.3, 0.4) is 0 Å². The summed E-state index contributed by atoms with van der Waals surface area (Å²) in [4.78, 5) is 4.79. The van der Waals surface area contributed by atoms with Gasteiger partial charge in [0.2, 0.25) is 0 Å². The summed E-state index contributed by atoms with van der Waals surface area (Å²) in [6, 6.07) is 8.65. The monoisotopic (exact) mass is 275 g/mol. The van der Waals surface area contributed by atoms with Gasteiger partial charge < -0.3 is 15.5 Å². The SMILES string of the molecule is Cc1cccc(C(N)CN(C)CC2(N(C)C)CCC2)c1. The van der Waals surface area contributed by atoms with Crippen molar-refractivity contribution in [2.75, 3.05) is 34.2 Å². The van der Waals surface area contributed by atoms with E-state index in [-0.39, 0.29) is 6.04 Å². The molecule has 1 aromatic carbocycles. The molecular formula is C17H29N3. The third kappa shape index (κ3) is 3.40. The smallest absolute Gasteiger partial charge is 0.0424 e. The maximum Gasteiger partial charge on any atom is 0.0424 e. The summed E-state index contributed by atoms with van der Waals surface area (Å²) >= 11 is 0. The first-order valence-corrected chi connectivity index (χ1v) is 7.61. The van der Waals surface area contributed by atoms with Gasteiger partial charge in [-0.05, 0) is 52.9 Å². The van der Waals surface area contributed by atoms with Crippen LogP contribution >= 0.6 is 0 Å². The summed E-state index contributed by atoms with van der Waals surface area (Å²) in [5.74, 6) is 0. The van der Waals surface area contributed by atoms with Crippen LogP contribution in [-0.2, 0) is 0 Å². The Kier molecular flexibility index (Phi) is 4.84. The molecule has 0 heterocycles. The maximum atomic E-state index is 6.36. The Hall–Kier alpha value is -0.900. The minimum absolute atomic E-state index is 0.0965. The van der Waals surface area contributed by atoms with Crippen molar-refractivity contribution < 1.29 is 0 Å². The number of hydrogen-bond donors (Lipinski definition) is 1. The Bertz CT molecular complexity index is 438. The zero-order valence-corrected chi connectivity index (χ0v) is 13.4. The lowest BCUT2D eigenvalue weighted by atomic mass is 9.75. The van der Waals surface area contributed by atoms with E-state index in [2.05, 4.69) is 62.1 Å². The van der Waals surface area contributed by atoms with Crippen LogP contribution in [0.5, 0.6) is 0 Å². The summed E-state index contributed by atoms with van der Waals surface area (Å²) in [6.07, 6.45) is 3.98. The summed E-state index contributed by atoms with van der Waals surface area (Å²) in [5.41, 5.74) is 9.26. The fourth-order valence-electron chi connectivity index (χ4n) is 3.24. The highest BCUT2D eigenvalue weighted by Gasteiger charge is 2.39. The fraction of sp³-hybridized carbons (Fsp3) is 0.647. The van der Waals surface area contributed by atoms with Gasteiger partial charge in [-0.3, -0.25) is 0 Å². The molecule has 1 aliphatic rings. The molecule has 0 saturated heterocycles. The molecule has 1 atom stereocenters. The largest absolute Gasteiger partial charge is 0.323 e. The molecule has 1 saturated carbocycles. The first-order valence-electron chi connectivity index (χ1n) is 7.61. The highest BCUT2D eigenvalue weighted by Crippen LogP contribution is 2.36. The number of nitrogens with zero attached hydrogens (tertiary/aromatic N) is 2. The second-order valence-corrected chi connectivity index (χ2v) is 6.69. The van der Waals surface area contributed by atoms with Gasteiger partial charge in [-0.15, -0.1) is 0 Å². The first kappa shape index (κ1) is 15.5. The average molecular weight is 275 g/mol. The van der Waals surface area contributed by atoms with Gasteiger partial charge in [0.1, 0.15) is 0 Å². The molecule has 0 amide bonds. The van der Waals surface area contributed by atoms with E-state index in [0.29, 0.717) is 5.54 Å². The molecule has 1 aliphatic carbocycles. The summed E-state index contributed by atoms with van der Waals surface area (Å²) in [5, 5.41) is 0. The van der Waals surface area contributed by atoms with E-state index in [1.807, 2.05) is 0 Å². The molecule has 3 heteroatoms. The topological polar surface area (TPSA) is 32.5 Å². The van der Waals surface area contributed by atoms with Gasteiger partial charge in [0, 0.05) is 24.7 Å². The third-order valence-corrected chi connectivity index (χ3v) is 4.78. The lowest BCUT2D eigenvalue weighted by Crippen LogP contribution is -2.57. The number of nitrogens with two attached hydrogens (primary N) is 1. The van der Waals surface area contributed by atoms with Crippen molar-refractivity contribution in [3.63, 3.8) is 0 Å². The number of benzene rings is 1. The summed E-state index contributed by atoms with van der Waals surface area (Å²) < 4.78 is 0. The van der Waals surface area contributed by atoms with Gasteiger partial charge in [0.15, 0.2) is 0 Å². The van der Waals surface area contributed by atoms with Crippen molar-refractivity contribution in [3.05, 3.63) is 35.4 Å². The van der Waals surface area contributed by atoms with Crippen LogP contribution in [0.1, 0.15) is 36.4 Å². The van der Waals surface area contributed by atoms with Gasteiger partial charge in [0.05, 0.1) is 0 Å². The normalized spacial score (nSPS) is 19.1. The molecular weight excluding hydrogens is 246 g/mol. The molecule has 2 N–H and O–H groups in total. The quantitative estimate of drug-likeness (QED) is 0.865. The minimum Gasteiger partial charge on any atom is -0.323 e. The van der Waals surface area contributed by atoms with Crippen LogP contribution in [-0.4, -0.2) is 49.6 Å². The van der Waals surface area contributed by atoms with Crippen LogP contribution < -0.4 is 5.73 Å². The minimum atomic E-state index is 0.0965. The standard InChI is InChI=1S/C17H29N3/c1-14-7-5-8-15(11-14)16(18)12-20(4)13-17(19(2)3)9-6-10-17/h5,7-8,11,16H,6,9-10,12-13,18H2,1-4H3. The molecule has 20 heavy (non-hydrogen) atoms. The van der Waals surface area contributed by atoms with Crippen molar-refractivity contribution in [1.82, 2.24) is 9.80 Å². The Morgan fingerprint density at radius 2 is 1.95 bits per heavy atom. The zero-order valence-electron chi connectivity index (χ0n) is 13.4. The molecule has 1 aromatic rings. The van der Waals surface area contributed by atoms with Crippen molar-refractivity contribution in [2.24, 2.45) is 5.73 Å². The van der Waals surface area contributed by atoms with Gasteiger partial charge in [-0.1, -0.05) is 29.8 Å². The zero-order chi connectivity index (χ0) is 14.8. The number of likely N-dealkylation sites (N-methyl/N-ethyl adjacent to an activating group) is 2. The summed E-state index contributed by atoms with van der Waals surface area (Å²) in [7, 11) is 6.60. The molecule has 2 rings (SSSR count). The number of aryl methyl sites for hydroxylation is 1. The van der Waals surface area contributed by atoms with Crippen LogP contribution in [0.25, 0.3) is 0 Å². The first-order chi connectivity index (χ1) is 9.43. The Labute approximate surface area is 123 Å². The fourth-order valence-corrected chi connectivity index (χ4v) is 3.24. The highest BCUT2D eigenvalue weighted by atomic mass is 15.2. The van der Waals surface area contributed by atoms with E-state index in [1.165, 1.54) is 30.4 Å². The van der Waals surface area contributed by atoms with Gasteiger partial charge in [-0.2, -0.15) is 0 Å². The highest BCUT2D eigenvalue weighted by molar-refractivity contribution is 5.25. The predicted molar refractivity (Wildman–Crippen MR) is 85.9 cm³/mol. The Balaban J connectivity index is 1.92. The number of hydrogen-bond acceptors (Lipinski definition) is 3. The van der Waals surface area contributed by atoms with Gasteiger partial charge >= 0.3 is 0 Å². The third-order valence-electron chi connectivity index (χ3n) is 4.78. The van der Waals surface area contributed by atoms with Gasteiger partial charge in [0.25, 0.3) is 0 Å². The molecule has 0 bridgehead atoms. The molecule has 3 nitrogen and oxygen atoms in total. The molecule has 0 spiro atoms. The van der Waals surface area contributed by atoms with Crippen LogP contribution in [0, 0.1) is 6.92 Å².